The van der Waals surface area contributed by atoms with Crippen LogP contribution in [0.15, 0.2) is 22.0 Å². The minimum atomic E-state index is -0.563. The Morgan fingerprint density at radius 2 is 2.21 bits per heavy atom. The molecular formula is C13H20N4OS. The summed E-state index contributed by atoms with van der Waals surface area (Å²) in [5.41, 5.74) is 5.38. The molecule has 104 valence electrons. The van der Waals surface area contributed by atoms with Gasteiger partial charge in [-0.1, -0.05) is 18.1 Å². The normalized spacial score (nSPS) is 12.3. The molecule has 0 saturated carbocycles. The second kappa shape index (κ2) is 5.81. The van der Waals surface area contributed by atoms with Gasteiger partial charge in [0.05, 0.1) is 12.1 Å². The lowest BCUT2D eigenvalue weighted by molar-refractivity contribution is 0.230. The molecule has 6 heteroatoms. The van der Waals surface area contributed by atoms with Crippen molar-refractivity contribution in [3.05, 3.63) is 34.1 Å². The van der Waals surface area contributed by atoms with Crippen molar-refractivity contribution in [3.63, 3.8) is 0 Å². The van der Waals surface area contributed by atoms with Gasteiger partial charge in [-0.15, -0.1) is 11.3 Å². The maximum Gasteiger partial charge on any atom is 0.240 e. The summed E-state index contributed by atoms with van der Waals surface area (Å²) in [5, 5.41) is 6.02. The van der Waals surface area contributed by atoms with Gasteiger partial charge in [0, 0.05) is 11.4 Å². The summed E-state index contributed by atoms with van der Waals surface area (Å²) in [6.45, 7) is 8.34. The molecule has 0 fully saturated rings. The van der Waals surface area contributed by atoms with Crippen molar-refractivity contribution in [2.45, 2.75) is 39.4 Å². The maximum atomic E-state index is 5.95. The minimum Gasteiger partial charge on any atom is -0.338 e. The average Bonchev–Trinajstić information content (AvgIpc) is 2.98. The molecule has 2 aromatic heterocycles. The lowest BCUT2D eigenvalue weighted by Gasteiger charge is -2.17. The van der Waals surface area contributed by atoms with Crippen LogP contribution >= 0.6 is 11.3 Å². The van der Waals surface area contributed by atoms with Crippen molar-refractivity contribution in [2.24, 2.45) is 5.73 Å². The van der Waals surface area contributed by atoms with Gasteiger partial charge in [0.15, 0.2) is 5.82 Å². The Balaban J connectivity index is 2.00. The van der Waals surface area contributed by atoms with Gasteiger partial charge in [0.1, 0.15) is 0 Å². The van der Waals surface area contributed by atoms with E-state index in [2.05, 4.69) is 39.5 Å². The summed E-state index contributed by atoms with van der Waals surface area (Å²) in [7, 11) is 0. The van der Waals surface area contributed by atoms with Crippen molar-refractivity contribution in [2.75, 3.05) is 6.54 Å². The molecule has 0 saturated heterocycles. The van der Waals surface area contributed by atoms with Crippen molar-refractivity contribution in [3.8, 4) is 0 Å². The van der Waals surface area contributed by atoms with Crippen molar-refractivity contribution >= 4 is 11.3 Å². The fraction of sp³-hybridized carbons (Fsp3) is 0.538. The Morgan fingerprint density at radius 3 is 2.74 bits per heavy atom. The molecular weight excluding hydrogens is 260 g/mol. The molecule has 5 nitrogen and oxygen atoms in total. The molecule has 19 heavy (non-hydrogen) atoms. The van der Waals surface area contributed by atoms with E-state index in [0.717, 1.165) is 13.1 Å². The molecule has 2 N–H and O–H groups in total. The lowest BCUT2D eigenvalue weighted by atomic mass is 10.1. The lowest BCUT2D eigenvalue weighted by Crippen LogP contribution is -2.30. The molecule has 0 unspecified atom stereocenters. The van der Waals surface area contributed by atoms with Crippen LogP contribution in [0.25, 0.3) is 0 Å². The van der Waals surface area contributed by atoms with Gasteiger partial charge in [-0.25, -0.2) is 0 Å². The number of nitrogens with zero attached hydrogens (tertiary/aromatic N) is 3. The Kier molecular flexibility index (Phi) is 4.34. The van der Waals surface area contributed by atoms with Crippen LogP contribution in [0.5, 0.6) is 0 Å². The van der Waals surface area contributed by atoms with E-state index >= 15 is 0 Å². The first kappa shape index (κ1) is 14.2. The van der Waals surface area contributed by atoms with Crippen LogP contribution in [0.1, 0.15) is 37.4 Å². The smallest absolute Gasteiger partial charge is 0.240 e. The van der Waals surface area contributed by atoms with Gasteiger partial charge in [-0.05, 0) is 31.8 Å². The zero-order valence-corrected chi connectivity index (χ0v) is 12.4. The predicted octanol–water partition coefficient (Wildman–Crippen LogP) is 2.35. The fourth-order valence-corrected chi connectivity index (χ4v) is 2.42. The van der Waals surface area contributed by atoms with Crippen LogP contribution in [0, 0.1) is 0 Å². The molecule has 0 aromatic carbocycles. The van der Waals surface area contributed by atoms with Crippen molar-refractivity contribution < 1.29 is 4.52 Å². The van der Waals surface area contributed by atoms with Crippen LogP contribution in [-0.4, -0.2) is 21.6 Å². The van der Waals surface area contributed by atoms with Crippen LogP contribution in [0.2, 0.25) is 0 Å². The molecule has 0 bridgehead atoms. The summed E-state index contributed by atoms with van der Waals surface area (Å²) in [4.78, 5) is 7.95. The first-order valence-corrected chi connectivity index (χ1v) is 7.23. The highest BCUT2D eigenvalue weighted by molar-refractivity contribution is 7.09. The minimum absolute atomic E-state index is 0.551. The van der Waals surface area contributed by atoms with E-state index in [0.29, 0.717) is 18.3 Å². The van der Waals surface area contributed by atoms with E-state index < -0.39 is 5.54 Å². The van der Waals surface area contributed by atoms with Gasteiger partial charge >= 0.3 is 0 Å². The monoisotopic (exact) mass is 280 g/mol. The second-order valence-corrected chi connectivity index (χ2v) is 6.15. The van der Waals surface area contributed by atoms with Crippen molar-refractivity contribution in [1.82, 2.24) is 15.0 Å². The van der Waals surface area contributed by atoms with E-state index in [1.54, 1.807) is 11.3 Å². The number of thiophene rings is 1. The number of hydrogen-bond acceptors (Lipinski definition) is 6. The highest BCUT2D eigenvalue weighted by Gasteiger charge is 2.22. The van der Waals surface area contributed by atoms with E-state index in [9.17, 15) is 0 Å². The van der Waals surface area contributed by atoms with Gasteiger partial charge in [-0.2, -0.15) is 4.98 Å². The Hall–Kier alpha value is -1.24. The molecule has 2 rings (SSSR count). The number of rotatable bonds is 6. The largest absolute Gasteiger partial charge is 0.338 e. The Bertz CT molecular complexity index is 501. The third kappa shape index (κ3) is 3.86. The molecule has 0 atom stereocenters. The van der Waals surface area contributed by atoms with E-state index in [4.69, 9.17) is 10.3 Å². The zero-order chi connectivity index (χ0) is 13.9. The van der Waals surface area contributed by atoms with Gasteiger partial charge in [0.2, 0.25) is 5.89 Å². The number of aromatic nitrogens is 2. The standard InChI is InChI=1S/C13H20N4OS/c1-4-17(8-10-6-5-7-19-10)9-11-15-12(16-18-11)13(2,3)14/h5-7H,4,8-9,14H2,1-3H3. The molecule has 0 aliphatic heterocycles. The van der Waals surface area contributed by atoms with E-state index in [-0.39, 0.29) is 0 Å². The maximum absolute atomic E-state index is 5.95. The molecule has 0 aliphatic carbocycles. The first-order chi connectivity index (χ1) is 8.99. The second-order valence-electron chi connectivity index (χ2n) is 5.12. The average molecular weight is 280 g/mol. The molecule has 0 spiro atoms. The molecule has 2 heterocycles. The third-order valence-corrected chi connectivity index (χ3v) is 3.67. The van der Waals surface area contributed by atoms with Gasteiger partial charge in [-0.3, -0.25) is 4.90 Å². The Labute approximate surface area is 117 Å². The molecule has 0 amide bonds. The quantitative estimate of drug-likeness (QED) is 0.879. The van der Waals surface area contributed by atoms with Crippen LogP contribution in [0.4, 0.5) is 0 Å². The predicted molar refractivity (Wildman–Crippen MR) is 75.6 cm³/mol. The summed E-state index contributed by atoms with van der Waals surface area (Å²) in [5.74, 6) is 1.17. The summed E-state index contributed by atoms with van der Waals surface area (Å²) < 4.78 is 5.26. The topological polar surface area (TPSA) is 68.2 Å². The Morgan fingerprint density at radius 1 is 1.42 bits per heavy atom. The summed E-state index contributed by atoms with van der Waals surface area (Å²) in [6.07, 6.45) is 0. The van der Waals surface area contributed by atoms with Crippen molar-refractivity contribution in [1.29, 1.82) is 0 Å². The van der Waals surface area contributed by atoms with Crippen LogP contribution < -0.4 is 5.73 Å². The van der Waals surface area contributed by atoms with Crippen LogP contribution in [0.3, 0.4) is 0 Å². The van der Waals surface area contributed by atoms with E-state index in [1.165, 1.54) is 4.88 Å². The zero-order valence-electron chi connectivity index (χ0n) is 11.6. The number of nitrogens with two attached hydrogens (primary N) is 1. The third-order valence-electron chi connectivity index (χ3n) is 2.81. The number of hydrogen-bond donors (Lipinski definition) is 1. The SMILES string of the molecule is CCN(Cc1nc(C(C)(C)N)no1)Cc1cccs1. The summed E-state index contributed by atoms with van der Waals surface area (Å²) >= 11 is 1.76. The van der Waals surface area contributed by atoms with Crippen LogP contribution in [-0.2, 0) is 18.6 Å². The van der Waals surface area contributed by atoms with Gasteiger partial charge < -0.3 is 10.3 Å². The first-order valence-electron chi connectivity index (χ1n) is 6.35. The highest BCUT2D eigenvalue weighted by Crippen LogP contribution is 2.16. The summed E-state index contributed by atoms with van der Waals surface area (Å²) in [6, 6.07) is 4.20. The molecule has 2 aromatic rings. The van der Waals surface area contributed by atoms with Gasteiger partial charge in [0.25, 0.3) is 0 Å². The molecule has 0 radical (unpaired) electrons. The highest BCUT2D eigenvalue weighted by atomic mass is 32.1. The van der Waals surface area contributed by atoms with E-state index in [1.807, 2.05) is 13.8 Å². The fourth-order valence-electron chi connectivity index (χ4n) is 1.67. The molecule has 0 aliphatic rings.